The van der Waals surface area contributed by atoms with Crippen molar-refractivity contribution < 1.29 is 9.59 Å². The van der Waals surface area contributed by atoms with E-state index >= 15 is 0 Å². The third-order valence-corrected chi connectivity index (χ3v) is 3.76. The van der Waals surface area contributed by atoms with Crippen LogP contribution in [-0.4, -0.2) is 49.6 Å². The number of nitrogens with one attached hydrogen (secondary N) is 2. The molecule has 0 saturated carbocycles. The fraction of sp³-hybridized carbons (Fsp3) is 0.500. The summed E-state index contributed by atoms with van der Waals surface area (Å²) in [6.45, 7) is 4.53. The third kappa shape index (κ3) is 3.90. The second kappa shape index (κ2) is 6.68. The number of benzene rings is 1. The van der Waals surface area contributed by atoms with Gasteiger partial charge in [0.15, 0.2) is 0 Å². The van der Waals surface area contributed by atoms with Gasteiger partial charge in [-0.25, -0.2) is 4.79 Å². The predicted molar refractivity (Wildman–Crippen MR) is 88.2 cm³/mol. The van der Waals surface area contributed by atoms with E-state index in [1.807, 2.05) is 57.1 Å². The molecule has 0 bridgehead atoms. The van der Waals surface area contributed by atoms with E-state index in [4.69, 9.17) is 0 Å². The molecule has 1 aromatic rings. The maximum absolute atomic E-state index is 12.0. The molecule has 2 N–H and O–H groups in total. The van der Waals surface area contributed by atoms with Crippen molar-refractivity contribution in [3.8, 4) is 0 Å². The van der Waals surface area contributed by atoms with Gasteiger partial charge in [-0.15, -0.1) is 0 Å². The van der Waals surface area contributed by atoms with Gasteiger partial charge in [-0.05, 0) is 38.1 Å². The van der Waals surface area contributed by atoms with E-state index in [-0.39, 0.29) is 24.0 Å². The second-order valence-electron chi connectivity index (χ2n) is 6.08. The number of amides is 3. The summed E-state index contributed by atoms with van der Waals surface area (Å²) < 4.78 is 0. The average Bonchev–Trinajstić information content (AvgIpc) is 2.80. The van der Waals surface area contributed by atoms with Crippen LogP contribution in [0, 0.1) is 0 Å². The highest BCUT2D eigenvalue weighted by Gasteiger charge is 2.31. The number of nitrogens with zero attached hydrogens (tertiary/aromatic N) is 2. The van der Waals surface area contributed by atoms with E-state index < -0.39 is 0 Å². The Bertz CT molecular complexity index is 540. The number of carbonyl (C=O) groups is 2. The molecule has 1 unspecified atom stereocenters. The quantitative estimate of drug-likeness (QED) is 0.893. The van der Waals surface area contributed by atoms with Gasteiger partial charge in [0, 0.05) is 44.5 Å². The summed E-state index contributed by atoms with van der Waals surface area (Å²) in [5.74, 6) is 0.0932. The van der Waals surface area contributed by atoms with Crippen LogP contribution in [0.25, 0.3) is 0 Å². The van der Waals surface area contributed by atoms with Gasteiger partial charge < -0.3 is 20.4 Å². The second-order valence-corrected chi connectivity index (χ2v) is 6.08. The van der Waals surface area contributed by atoms with Gasteiger partial charge in [0.1, 0.15) is 0 Å². The lowest BCUT2D eigenvalue weighted by atomic mass is 10.2. The van der Waals surface area contributed by atoms with Crippen molar-refractivity contribution in [3.63, 3.8) is 0 Å². The Morgan fingerprint density at radius 3 is 2.41 bits per heavy atom. The van der Waals surface area contributed by atoms with Crippen molar-refractivity contribution in [1.82, 2.24) is 10.2 Å². The highest BCUT2D eigenvalue weighted by molar-refractivity contribution is 5.90. The number of hydrogen-bond donors (Lipinski definition) is 2. The van der Waals surface area contributed by atoms with Crippen LogP contribution in [-0.2, 0) is 4.79 Å². The molecule has 120 valence electrons. The fourth-order valence-electron chi connectivity index (χ4n) is 2.52. The maximum Gasteiger partial charge on any atom is 0.319 e. The van der Waals surface area contributed by atoms with Crippen LogP contribution >= 0.6 is 0 Å². The molecule has 22 heavy (non-hydrogen) atoms. The molecule has 6 heteroatoms. The highest BCUT2D eigenvalue weighted by atomic mass is 16.2. The molecule has 0 aromatic heterocycles. The van der Waals surface area contributed by atoms with Crippen molar-refractivity contribution >= 4 is 23.3 Å². The smallest absolute Gasteiger partial charge is 0.319 e. The summed E-state index contributed by atoms with van der Waals surface area (Å²) in [6.07, 6.45) is 0.366. The first kappa shape index (κ1) is 16.1. The molecule has 1 saturated heterocycles. The van der Waals surface area contributed by atoms with Crippen LogP contribution in [0.5, 0.6) is 0 Å². The first-order chi connectivity index (χ1) is 10.4. The monoisotopic (exact) mass is 304 g/mol. The largest absolute Gasteiger partial charge is 0.378 e. The Morgan fingerprint density at radius 2 is 1.91 bits per heavy atom. The number of likely N-dealkylation sites (tertiary alicyclic amines) is 1. The van der Waals surface area contributed by atoms with E-state index in [9.17, 15) is 9.59 Å². The van der Waals surface area contributed by atoms with Gasteiger partial charge >= 0.3 is 6.03 Å². The fourth-order valence-corrected chi connectivity index (χ4v) is 2.52. The Balaban J connectivity index is 1.87. The van der Waals surface area contributed by atoms with E-state index in [1.165, 1.54) is 0 Å². The standard InChI is InChI=1S/C16H24N4O2/c1-11(2)20-10-13(9-15(20)21)18-16(22)17-12-5-7-14(8-6-12)19(3)4/h5-8,11,13H,9-10H2,1-4H3,(H2,17,18,22). The van der Waals surface area contributed by atoms with Crippen molar-refractivity contribution in [3.05, 3.63) is 24.3 Å². The van der Waals surface area contributed by atoms with Crippen LogP contribution < -0.4 is 15.5 Å². The zero-order valence-electron chi connectivity index (χ0n) is 13.6. The summed E-state index contributed by atoms with van der Waals surface area (Å²) in [7, 11) is 3.93. The lowest BCUT2D eigenvalue weighted by Gasteiger charge is -2.21. The molecule has 1 aliphatic heterocycles. The Hall–Kier alpha value is -2.24. The van der Waals surface area contributed by atoms with Gasteiger partial charge in [-0.3, -0.25) is 4.79 Å². The van der Waals surface area contributed by atoms with Crippen molar-refractivity contribution in [2.45, 2.75) is 32.4 Å². The summed E-state index contributed by atoms with van der Waals surface area (Å²) in [5.41, 5.74) is 1.80. The van der Waals surface area contributed by atoms with Gasteiger partial charge in [0.25, 0.3) is 0 Å². The SMILES string of the molecule is CC(C)N1CC(NC(=O)Nc2ccc(N(C)C)cc2)CC1=O. The predicted octanol–water partition coefficient (Wildman–Crippen LogP) is 1.88. The van der Waals surface area contributed by atoms with Gasteiger partial charge in [0.2, 0.25) is 5.91 Å². The average molecular weight is 304 g/mol. The van der Waals surface area contributed by atoms with Crippen molar-refractivity contribution in [1.29, 1.82) is 0 Å². The third-order valence-electron chi connectivity index (χ3n) is 3.76. The lowest BCUT2D eigenvalue weighted by Crippen LogP contribution is -2.40. The molecular formula is C16H24N4O2. The van der Waals surface area contributed by atoms with Crippen LogP contribution in [0.2, 0.25) is 0 Å². The molecule has 1 fully saturated rings. The number of urea groups is 1. The van der Waals surface area contributed by atoms with E-state index in [0.717, 1.165) is 11.4 Å². The van der Waals surface area contributed by atoms with E-state index in [1.54, 1.807) is 4.90 Å². The maximum atomic E-state index is 12.0. The van der Waals surface area contributed by atoms with Crippen molar-refractivity contribution in [2.24, 2.45) is 0 Å². The molecule has 0 spiro atoms. The minimum atomic E-state index is -0.277. The normalized spacial score (nSPS) is 17.8. The molecule has 1 aliphatic rings. The van der Waals surface area contributed by atoms with E-state index in [0.29, 0.717) is 13.0 Å². The highest BCUT2D eigenvalue weighted by Crippen LogP contribution is 2.17. The molecule has 2 rings (SSSR count). The lowest BCUT2D eigenvalue weighted by molar-refractivity contribution is -0.129. The van der Waals surface area contributed by atoms with E-state index in [2.05, 4.69) is 10.6 Å². The molecular weight excluding hydrogens is 280 g/mol. The Labute approximate surface area is 131 Å². The molecule has 6 nitrogen and oxygen atoms in total. The molecule has 0 radical (unpaired) electrons. The molecule has 0 aliphatic carbocycles. The van der Waals surface area contributed by atoms with Crippen LogP contribution in [0.15, 0.2) is 24.3 Å². The first-order valence-corrected chi connectivity index (χ1v) is 7.51. The zero-order chi connectivity index (χ0) is 16.3. The van der Waals surface area contributed by atoms with Gasteiger partial charge in [-0.1, -0.05) is 0 Å². The molecule has 1 atom stereocenters. The van der Waals surface area contributed by atoms with Crippen molar-refractivity contribution in [2.75, 3.05) is 30.9 Å². The Morgan fingerprint density at radius 1 is 1.27 bits per heavy atom. The minimum Gasteiger partial charge on any atom is -0.378 e. The first-order valence-electron chi connectivity index (χ1n) is 7.51. The Kier molecular flexibility index (Phi) is 4.90. The molecule has 1 heterocycles. The summed E-state index contributed by atoms with van der Waals surface area (Å²) in [6, 6.07) is 7.35. The minimum absolute atomic E-state index is 0.0932. The van der Waals surface area contributed by atoms with Gasteiger partial charge in [0.05, 0.1) is 6.04 Å². The summed E-state index contributed by atoms with van der Waals surface area (Å²) in [5, 5.41) is 5.65. The number of hydrogen-bond acceptors (Lipinski definition) is 3. The number of carbonyl (C=O) groups excluding carboxylic acids is 2. The number of anilines is 2. The topological polar surface area (TPSA) is 64.7 Å². The van der Waals surface area contributed by atoms with Crippen LogP contribution in [0.4, 0.5) is 16.2 Å². The van der Waals surface area contributed by atoms with Crippen LogP contribution in [0.3, 0.4) is 0 Å². The van der Waals surface area contributed by atoms with Gasteiger partial charge in [-0.2, -0.15) is 0 Å². The number of rotatable bonds is 4. The zero-order valence-corrected chi connectivity index (χ0v) is 13.6. The molecule has 3 amide bonds. The van der Waals surface area contributed by atoms with Crippen LogP contribution in [0.1, 0.15) is 20.3 Å². The molecule has 1 aromatic carbocycles. The summed E-state index contributed by atoms with van der Waals surface area (Å²) in [4.78, 5) is 27.6. The summed E-state index contributed by atoms with van der Waals surface area (Å²) >= 11 is 0.